The summed E-state index contributed by atoms with van der Waals surface area (Å²) in [5.74, 6) is 1.31. The zero-order chi connectivity index (χ0) is 9.52. The topological polar surface area (TPSA) is 29.3 Å². The van der Waals surface area contributed by atoms with Gasteiger partial charge in [0.2, 0.25) is 0 Å². The second kappa shape index (κ2) is 6.68. The molecule has 2 N–H and O–H groups in total. The van der Waals surface area contributed by atoms with Gasteiger partial charge in [-0.3, -0.25) is 4.90 Å². The summed E-state index contributed by atoms with van der Waals surface area (Å²) in [5.41, 5.74) is 5.71. The van der Waals surface area contributed by atoms with E-state index < -0.39 is 0 Å². The van der Waals surface area contributed by atoms with Crippen molar-refractivity contribution in [2.75, 3.05) is 31.6 Å². The minimum Gasteiger partial charge on any atom is -0.329 e. The van der Waals surface area contributed by atoms with Gasteiger partial charge >= 0.3 is 0 Å². The number of unbranched alkanes of at least 4 members (excludes halogenated alkanes) is 1. The fourth-order valence-electron chi connectivity index (χ4n) is 2.02. The number of thioether (sulfide) groups is 1. The van der Waals surface area contributed by atoms with Crippen LogP contribution in [0.5, 0.6) is 0 Å². The highest BCUT2D eigenvalue weighted by molar-refractivity contribution is 7.98. The Balaban J connectivity index is 2.06. The third-order valence-electron chi connectivity index (χ3n) is 2.81. The van der Waals surface area contributed by atoms with Crippen LogP contribution in [0.1, 0.15) is 25.7 Å². The Morgan fingerprint density at radius 1 is 1.46 bits per heavy atom. The number of nitrogens with zero attached hydrogens (tertiary/aromatic N) is 1. The molecule has 0 radical (unpaired) electrons. The van der Waals surface area contributed by atoms with E-state index in [2.05, 4.69) is 11.2 Å². The van der Waals surface area contributed by atoms with Crippen LogP contribution in [-0.4, -0.2) is 42.6 Å². The molecule has 1 heterocycles. The first-order chi connectivity index (χ1) is 6.38. The van der Waals surface area contributed by atoms with Crippen molar-refractivity contribution in [3.63, 3.8) is 0 Å². The van der Waals surface area contributed by atoms with E-state index in [1.165, 1.54) is 44.5 Å². The molecule has 3 heteroatoms. The van der Waals surface area contributed by atoms with Crippen LogP contribution >= 0.6 is 11.8 Å². The molecule has 1 aliphatic rings. The molecule has 13 heavy (non-hydrogen) atoms. The van der Waals surface area contributed by atoms with Gasteiger partial charge in [0.1, 0.15) is 0 Å². The summed E-state index contributed by atoms with van der Waals surface area (Å²) in [6.07, 6.45) is 7.55. The van der Waals surface area contributed by atoms with Crippen molar-refractivity contribution in [3.8, 4) is 0 Å². The van der Waals surface area contributed by atoms with Crippen LogP contribution in [0, 0.1) is 0 Å². The fraction of sp³-hybridized carbons (Fsp3) is 1.00. The highest BCUT2D eigenvalue weighted by Gasteiger charge is 2.21. The summed E-state index contributed by atoms with van der Waals surface area (Å²) >= 11 is 1.95. The molecular formula is C10H22N2S. The van der Waals surface area contributed by atoms with Gasteiger partial charge in [-0.25, -0.2) is 0 Å². The Bertz CT molecular complexity index is 130. The molecule has 1 unspecified atom stereocenters. The molecular weight excluding hydrogens is 180 g/mol. The van der Waals surface area contributed by atoms with Gasteiger partial charge in [-0.2, -0.15) is 11.8 Å². The Morgan fingerprint density at radius 3 is 3.00 bits per heavy atom. The van der Waals surface area contributed by atoms with Crippen molar-refractivity contribution in [1.29, 1.82) is 0 Å². The van der Waals surface area contributed by atoms with Crippen molar-refractivity contribution in [2.45, 2.75) is 31.7 Å². The van der Waals surface area contributed by atoms with E-state index in [1.807, 2.05) is 11.8 Å². The van der Waals surface area contributed by atoms with E-state index in [0.29, 0.717) is 6.04 Å². The average Bonchev–Trinajstić information content (AvgIpc) is 2.60. The summed E-state index contributed by atoms with van der Waals surface area (Å²) in [6, 6.07) is 0.689. The summed E-state index contributed by atoms with van der Waals surface area (Å²) < 4.78 is 0. The maximum atomic E-state index is 5.71. The molecule has 0 aromatic carbocycles. The van der Waals surface area contributed by atoms with Crippen molar-refractivity contribution in [1.82, 2.24) is 4.90 Å². The quantitative estimate of drug-likeness (QED) is 0.663. The lowest BCUT2D eigenvalue weighted by molar-refractivity contribution is 0.255. The van der Waals surface area contributed by atoms with Crippen LogP contribution in [0.4, 0.5) is 0 Å². The molecule has 0 spiro atoms. The van der Waals surface area contributed by atoms with Crippen molar-refractivity contribution < 1.29 is 0 Å². The molecule has 78 valence electrons. The zero-order valence-corrected chi connectivity index (χ0v) is 9.48. The molecule has 1 atom stereocenters. The lowest BCUT2D eigenvalue weighted by Crippen LogP contribution is -2.36. The van der Waals surface area contributed by atoms with Gasteiger partial charge in [0.05, 0.1) is 0 Å². The van der Waals surface area contributed by atoms with Crippen LogP contribution in [0.2, 0.25) is 0 Å². The highest BCUT2D eigenvalue weighted by atomic mass is 32.2. The van der Waals surface area contributed by atoms with Gasteiger partial charge in [0, 0.05) is 12.6 Å². The molecule has 1 fully saturated rings. The number of likely N-dealkylation sites (tertiary alicyclic amines) is 1. The third kappa shape index (κ3) is 3.88. The number of hydrogen-bond donors (Lipinski definition) is 1. The molecule has 0 saturated carbocycles. The van der Waals surface area contributed by atoms with Crippen LogP contribution in [-0.2, 0) is 0 Å². The van der Waals surface area contributed by atoms with E-state index in [-0.39, 0.29) is 0 Å². The summed E-state index contributed by atoms with van der Waals surface area (Å²) in [5, 5.41) is 0. The van der Waals surface area contributed by atoms with E-state index in [1.54, 1.807) is 0 Å². The summed E-state index contributed by atoms with van der Waals surface area (Å²) in [7, 11) is 0. The predicted octanol–water partition coefficient (Wildman–Crippen LogP) is 1.55. The van der Waals surface area contributed by atoms with Gasteiger partial charge in [-0.15, -0.1) is 0 Å². The maximum Gasteiger partial charge on any atom is 0.0218 e. The Labute approximate surface area is 86.2 Å². The van der Waals surface area contributed by atoms with Gasteiger partial charge in [0.25, 0.3) is 0 Å². The zero-order valence-electron chi connectivity index (χ0n) is 8.67. The highest BCUT2D eigenvalue weighted by Crippen LogP contribution is 2.16. The average molecular weight is 202 g/mol. The standard InChI is InChI=1S/C10H22N2S/c1-13-8-3-2-6-12-7-4-5-10(12)9-11/h10H,2-9,11H2,1H3. The van der Waals surface area contributed by atoms with Crippen LogP contribution in [0.15, 0.2) is 0 Å². The fourth-order valence-corrected chi connectivity index (χ4v) is 2.51. The monoisotopic (exact) mass is 202 g/mol. The van der Waals surface area contributed by atoms with E-state index in [0.717, 1.165) is 6.54 Å². The van der Waals surface area contributed by atoms with Gasteiger partial charge in [-0.05, 0) is 50.8 Å². The van der Waals surface area contributed by atoms with Crippen molar-refractivity contribution >= 4 is 11.8 Å². The Kier molecular flexibility index (Phi) is 5.83. The van der Waals surface area contributed by atoms with Crippen LogP contribution < -0.4 is 5.73 Å². The maximum absolute atomic E-state index is 5.71. The predicted molar refractivity (Wildman–Crippen MR) is 61.3 cm³/mol. The first kappa shape index (κ1) is 11.3. The molecule has 1 rings (SSSR count). The molecule has 1 aliphatic heterocycles. The lowest BCUT2D eigenvalue weighted by Gasteiger charge is -2.22. The number of nitrogens with two attached hydrogens (primary N) is 1. The van der Waals surface area contributed by atoms with Crippen molar-refractivity contribution in [2.24, 2.45) is 5.73 Å². The number of rotatable bonds is 6. The normalized spacial score (nSPS) is 24.0. The van der Waals surface area contributed by atoms with E-state index in [9.17, 15) is 0 Å². The minimum atomic E-state index is 0.689. The molecule has 0 aromatic rings. The molecule has 1 saturated heterocycles. The smallest absolute Gasteiger partial charge is 0.0218 e. The van der Waals surface area contributed by atoms with Gasteiger partial charge in [0.15, 0.2) is 0 Å². The summed E-state index contributed by atoms with van der Waals surface area (Å²) in [4.78, 5) is 2.57. The van der Waals surface area contributed by atoms with Gasteiger partial charge < -0.3 is 5.73 Å². The first-order valence-electron chi connectivity index (χ1n) is 5.31. The minimum absolute atomic E-state index is 0.689. The Hall–Kier alpha value is 0.270. The number of hydrogen-bond acceptors (Lipinski definition) is 3. The first-order valence-corrected chi connectivity index (χ1v) is 6.71. The summed E-state index contributed by atoms with van der Waals surface area (Å²) in [6.45, 7) is 3.39. The van der Waals surface area contributed by atoms with Crippen LogP contribution in [0.3, 0.4) is 0 Å². The lowest BCUT2D eigenvalue weighted by atomic mass is 10.2. The van der Waals surface area contributed by atoms with Crippen molar-refractivity contribution in [3.05, 3.63) is 0 Å². The molecule has 2 nitrogen and oxygen atoms in total. The SMILES string of the molecule is CSCCCCN1CCCC1CN. The molecule has 0 bridgehead atoms. The van der Waals surface area contributed by atoms with Gasteiger partial charge in [-0.1, -0.05) is 0 Å². The molecule has 0 aliphatic carbocycles. The second-order valence-corrected chi connectivity index (χ2v) is 4.75. The molecule has 0 amide bonds. The Morgan fingerprint density at radius 2 is 2.31 bits per heavy atom. The third-order valence-corrected chi connectivity index (χ3v) is 3.51. The molecule has 0 aromatic heterocycles. The largest absolute Gasteiger partial charge is 0.329 e. The second-order valence-electron chi connectivity index (χ2n) is 3.77. The van der Waals surface area contributed by atoms with E-state index >= 15 is 0 Å². The van der Waals surface area contributed by atoms with Crippen LogP contribution in [0.25, 0.3) is 0 Å². The van der Waals surface area contributed by atoms with E-state index in [4.69, 9.17) is 5.73 Å².